The number of carboxylic acids is 1. The van der Waals surface area contributed by atoms with Crippen LogP contribution in [-0.2, 0) is 20.7 Å². The van der Waals surface area contributed by atoms with Crippen LogP contribution < -0.4 is 9.47 Å². The number of aliphatic carboxylic acids is 1. The zero-order valence-electron chi connectivity index (χ0n) is 28.5. The SMILES string of the molecule is CC(C)=CCCC1(C)C=Cc2c(O)c3c(c(CC=C(C)C)c2O1)OC12C4CC(C(=O)C1(C/C=C(/C)C(=O)O)OC4(C)C)[C@H](O)[C@H]2C3=O. The van der Waals surface area contributed by atoms with Gasteiger partial charge in [0.2, 0.25) is 0 Å². The summed E-state index contributed by atoms with van der Waals surface area (Å²) < 4.78 is 20.5. The number of hydrogen-bond acceptors (Lipinski definition) is 8. The van der Waals surface area contributed by atoms with Crippen molar-refractivity contribution in [2.24, 2.45) is 17.8 Å². The number of carbonyl (C=O) groups excluding carboxylic acids is 2. The van der Waals surface area contributed by atoms with Crippen molar-refractivity contribution < 1.29 is 43.9 Å². The van der Waals surface area contributed by atoms with Crippen LogP contribution in [0, 0.1) is 17.8 Å². The van der Waals surface area contributed by atoms with Gasteiger partial charge in [-0.3, -0.25) is 9.59 Å². The van der Waals surface area contributed by atoms with Crippen molar-refractivity contribution in [3.8, 4) is 17.2 Å². The van der Waals surface area contributed by atoms with Gasteiger partial charge in [-0.05, 0) is 93.2 Å². The number of Topliss-reactive ketones (excluding diaryl/α,β-unsaturated/α-hetero) is 2. The van der Waals surface area contributed by atoms with E-state index >= 15 is 0 Å². The third-order valence-electron chi connectivity index (χ3n) is 11.1. The molecule has 0 radical (unpaired) electrons. The Balaban J connectivity index is 1.60. The van der Waals surface area contributed by atoms with Gasteiger partial charge >= 0.3 is 5.97 Å². The van der Waals surface area contributed by atoms with Gasteiger partial charge < -0.3 is 29.5 Å². The van der Waals surface area contributed by atoms with E-state index in [2.05, 4.69) is 6.08 Å². The zero-order valence-corrected chi connectivity index (χ0v) is 28.5. The maximum atomic E-state index is 14.8. The first-order valence-electron chi connectivity index (χ1n) is 16.5. The number of benzene rings is 1. The number of ether oxygens (including phenoxy) is 3. The molecule has 1 aromatic carbocycles. The summed E-state index contributed by atoms with van der Waals surface area (Å²) in [6.07, 6.45) is 9.79. The lowest BCUT2D eigenvalue weighted by atomic mass is 9.45. The third-order valence-corrected chi connectivity index (χ3v) is 11.1. The Morgan fingerprint density at radius 2 is 1.68 bits per heavy atom. The highest BCUT2D eigenvalue weighted by molar-refractivity contribution is 6.10. The van der Waals surface area contributed by atoms with Crippen LogP contribution in [0.5, 0.6) is 17.2 Å². The topological polar surface area (TPSA) is 140 Å². The second kappa shape index (κ2) is 10.9. The number of carboxylic acid groups (broad SMARTS) is 1. The van der Waals surface area contributed by atoms with Crippen molar-refractivity contribution >= 4 is 23.6 Å². The first kappa shape index (κ1) is 33.2. The molecule has 3 heterocycles. The highest BCUT2D eigenvalue weighted by Gasteiger charge is 2.85. The Labute approximate surface area is 276 Å². The molecule has 6 aliphatic rings. The number of allylic oxidation sites excluding steroid dienone is 4. The van der Waals surface area contributed by atoms with Crippen LogP contribution >= 0.6 is 0 Å². The molecule has 1 spiro atoms. The van der Waals surface area contributed by atoms with Crippen LogP contribution in [0.4, 0.5) is 0 Å². The molecule has 3 saturated carbocycles. The van der Waals surface area contributed by atoms with Crippen LogP contribution in [-0.4, -0.2) is 61.4 Å². The predicted molar refractivity (Wildman–Crippen MR) is 176 cm³/mol. The Kier molecular flexibility index (Phi) is 7.72. The largest absolute Gasteiger partial charge is 0.506 e. The second-order valence-corrected chi connectivity index (χ2v) is 15.2. The number of carbonyl (C=O) groups is 3. The Bertz CT molecular complexity index is 1700. The van der Waals surface area contributed by atoms with E-state index in [1.807, 2.05) is 60.6 Å². The summed E-state index contributed by atoms with van der Waals surface area (Å²) in [5.41, 5.74) is -1.91. The first-order chi connectivity index (χ1) is 21.9. The van der Waals surface area contributed by atoms with E-state index in [9.17, 15) is 29.7 Å². The van der Waals surface area contributed by atoms with E-state index in [4.69, 9.17) is 14.2 Å². The molecule has 9 nitrogen and oxygen atoms in total. The van der Waals surface area contributed by atoms with Gasteiger partial charge in [0.15, 0.2) is 22.8 Å². The fourth-order valence-electron chi connectivity index (χ4n) is 8.76. The molecule has 1 saturated heterocycles. The van der Waals surface area contributed by atoms with Crippen molar-refractivity contribution in [1.82, 2.24) is 0 Å². The summed E-state index contributed by atoms with van der Waals surface area (Å²) >= 11 is 0. The second-order valence-electron chi connectivity index (χ2n) is 15.2. The predicted octanol–water partition coefficient (Wildman–Crippen LogP) is 6.29. The molecule has 47 heavy (non-hydrogen) atoms. The van der Waals surface area contributed by atoms with Crippen molar-refractivity contribution in [2.45, 2.75) is 116 Å². The van der Waals surface area contributed by atoms with Gasteiger partial charge in [-0.2, -0.15) is 0 Å². The third kappa shape index (κ3) is 4.67. The Morgan fingerprint density at radius 3 is 2.32 bits per heavy atom. The zero-order chi connectivity index (χ0) is 34.4. The van der Waals surface area contributed by atoms with E-state index < -0.39 is 63.8 Å². The molecule has 1 aromatic rings. The number of aliphatic hydroxyl groups excluding tert-OH is 1. The molecule has 3 N–H and O–H groups in total. The summed E-state index contributed by atoms with van der Waals surface area (Å²) in [6, 6.07) is 0. The van der Waals surface area contributed by atoms with E-state index in [1.54, 1.807) is 6.08 Å². The van der Waals surface area contributed by atoms with Gasteiger partial charge in [0, 0.05) is 29.4 Å². The van der Waals surface area contributed by atoms with Gasteiger partial charge in [0.25, 0.3) is 0 Å². The number of phenolic OH excluding ortho intramolecular Hbond substituents is 1. The van der Waals surface area contributed by atoms with Crippen LogP contribution in [0.1, 0.15) is 103 Å². The molecule has 5 unspecified atom stereocenters. The van der Waals surface area contributed by atoms with Gasteiger partial charge in [0.05, 0.1) is 23.2 Å². The van der Waals surface area contributed by atoms with Gasteiger partial charge in [-0.1, -0.05) is 29.4 Å². The normalized spacial score (nSPS) is 34.1. The molecule has 0 amide bonds. The minimum atomic E-state index is -1.74. The number of rotatable bonds is 8. The summed E-state index contributed by atoms with van der Waals surface area (Å²) in [6.45, 7) is 15.1. The lowest BCUT2D eigenvalue weighted by Gasteiger charge is -2.62. The van der Waals surface area contributed by atoms with Crippen LogP contribution in [0.3, 0.4) is 0 Å². The Hall–Kier alpha value is -3.69. The smallest absolute Gasteiger partial charge is 0.330 e. The monoisotopic (exact) mass is 646 g/mol. The lowest BCUT2D eigenvalue weighted by Crippen LogP contribution is -2.80. The number of phenols is 1. The van der Waals surface area contributed by atoms with Crippen LogP contribution in [0.25, 0.3) is 6.08 Å². The highest BCUT2D eigenvalue weighted by Crippen LogP contribution is 2.70. The maximum absolute atomic E-state index is 14.8. The van der Waals surface area contributed by atoms with E-state index in [-0.39, 0.29) is 35.5 Å². The van der Waals surface area contributed by atoms with Crippen LogP contribution in [0.2, 0.25) is 0 Å². The molecule has 4 fully saturated rings. The molecule has 252 valence electrons. The standard InChI is InChI=1S/C38H46O9/c1-19(2)10-9-15-36(8)16-14-22-28(39)26-30(41)27-29(40)24-18-25-35(6,7)47-37(33(24)42,17-13-21(5)34(43)44)38(25,27)46-32(26)23(31(22)45-36)12-11-20(3)4/h10-11,13-14,16,24-25,27,29,39-40H,9,12,15,17-18H2,1-8H3,(H,43,44)/b21-13-/t24?,25?,27-,29-,36?,37?,38?/m0/s1. The van der Waals surface area contributed by atoms with Gasteiger partial charge in [-0.25, -0.2) is 4.79 Å². The summed E-state index contributed by atoms with van der Waals surface area (Å²) in [5.74, 6) is -4.44. The fourth-order valence-corrected chi connectivity index (χ4v) is 8.76. The van der Waals surface area contributed by atoms with Gasteiger partial charge in [-0.15, -0.1) is 0 Å². The van der Waals surface area contributed by atoms with E-state index in [1.165, 1.54) is 18.6 Å². The minimum absolute atomic E-state index is 0.0260. The summed E-state index contributed by atoms with van der Waals surface area (Å²) in [7, 11) is 0. The highest BCUT2D eigenvalue weighted by atomic mass is 16.6. The van der Waals surface area contributed by atoms with E-state index in [0.717, 1.165) is 12.0 Å². The minimum Gasteiger partial charge on any atom is -0.506 e. The molecule has 7 atom stereocenters. The average Bonchev–Trinajstić information content (AvgIpc) is 3.10. The molecule has 3 aliphatic heterocycles. The number of aromatic hydroxyl groups is 1. The summed E-state index contributed by atoms with van der Waals surface area (Å²) in [5, 5.41) is 33.2. The summed E-state index contributed by atoms with van der Waals surface area (Å²) in [4.78, 5) is 41.1. The quantitative estimate of drug-likeness (QED) is 0.220. The maximum Gasteiger partial charge on any atom is 0.330 e. The molecule has 0 aromatic heterocycles. The fraction of sp³-hybridized carbons (Fsp3) is 0.553. The first-order valence-corrected chi connectivity index (χ1v) is 16.5. The van der Waals surface area contributed by atoms with Crippen molar-refractivity contribution in [3.05, 3.63) is 57.7 Å². The average molecular weight is 647 g/mol. The molecule has 3 aliphatic carbocycles. The molecule has 9 heteroatoms. The number of aliphatic hydroxyl groups is 1. The van der Waals surface area contributed by atoms with Crippen LogP contribution in [0.15, 0.2) is 41.0 Å². The number of ketones is 2. The number of hydrogen-bond donors (Lipinski definition) is 3. The number of fused-ring (bicyclic) bond motifs is 2. The van der Waals surface area contributed by atoms with E-state index in [0.29, 0.717) is 29.7 Å². The van der Waals surface area contributed by atoms with Crippen molar-refractivity contribution in [3.63, 3.8) is 0 Å². The Morgan fingerprint density at radius 1 is 1.00 bits per heavy atom. The lowest BCUT2D eigenvalue weighted by molar-refractivity contribution is -0.220. The van der Waals surface area contributed by atoms with Crippen molar-refractivity contribution in [2.75, 3.05) is 0 Å². The molecular formula is C38H46O9. The molecular weight excluding hydrogens is 600 g/mol. The molecule has 7 rings (SSSR count). The van der Waals surface area contributed by atoms with Crippen molar-refractivity contribution in [1.29, 1.82) is 0 Å². The van der Waals surface area contributed by atoms with Gasteiger partial charge in [0.1, 0.15) is 28.4 Å². The molecule has 4 bridgehead atoms.